The molecule has 3 N–H and O–H groups in total. The highest BCUT2D eigenvalue weighted by molar-refractivity contribution is 5.64. The van der Waals surface area contributed by atoms with Crippen LogP contribution < -0.4 is 5.73 Å². The Kier molecular flexibility index (Phi) is 8.64. The van der Waals surface area contributed by atoms with E-state index in [9.17, 15) is 4.79 Å². The van der Waals surface area contributed by atoms with Crippen LogP contribution >= 0.6 is 0 Å². The van der Waals surface area contributed by atoms with Gasteiger partial charge in [-0.3, -0.25) is 0 Å². The molecule has 0 unspecified atom stereocenters. The normalized spacial score (nSPS) is 9.92. The molecular formula is C7H15NO5. The number of carbonyl (C=O) groups excluding carboxylic acids is 1. The Bertz CT molecular complexity index is 130. The summed E-state index contributed by atoms with van der Waals surface area (Å²) in [5, 5.41) is 8.33. The fourth-order valence-electron chi connectivity index (χ4n) is 0.588. The van der Waals surface area contributed by atoms with E-state index in [-0.39, 0.29) is 13.2 Å². The van der Waals surface area contributed by atoms with E-state index in [2.05, 4.69) is 4.74 Å². The van der Waals surface area contributed by atoms with Crippen molar-refractivity contribution in [2.75, 3.05) is 39.6 Å². The molecule has 6 heteroatoms. The highest BCUT2D eigenvalue weighted by Crippen LogP contribution is 1.80. The van der Waals surface area contributed by atoms with E-state index >= 15 is 0 Å². The minimum absolute atomic E-state index is 0.00475. The number of ether oxygens (including phenoxy) is 3. The Balaban J connectivity index is 2.87. The van der Waals surface area contributed by atoms with Gasteiger partial charge in [0.15, 0.2) is 0 Å². The first-order valence-electron chi connectivity index (χ1n) is 3.96. The first kappa shape index (κ1) is 12.2. The third-order valence-electron chi connectivity index (χ3n) is 1.08. The number of carbonyl (C=O) groups is 1. The Morgan fingerprint density at radius 1 is 1.08 bits per heavy atom. The Hall–Kier alpha value is -0.850. The maximum absolute atomic E-state index is 10.1. The molecule has 0 aliphatic carbocycles. The number of primary amides is 1. The van der Waals surface area contributed by atoms with Gasteiger partial charge >= 0.3 is 6.09 Å². The molecule has 1 amide bonds. The van der Waals surface area contributed by atoms with E-state index in [1.54, 1.807) is 0 Å². The van der Waals surface area contributed by atoms with Crippen LogP contribution in [0.25, 0.3) is 0 Å². The zero-order chi connectivity index (χ0) is 9.94. The van der Waals surface area contributed by atoms with Gasteiger partial charge in [-0.1, -0.05) is 0 Å². The summed E-state index contributed by atoms with van der Waals surface area (Å²) in [5.41, 5.74) is 4.70. The summed E-state index contributed by atoms with van der Waals surface area (Å²) in [5.74, 6) is 0. The van der Waals surface area contributed by atoms with Gasteiger partial charge in [0, 0.05) is 0 Å². The summed E-state index contributed by atoms with van der Waals surface area (Å²) in [6, 6.07) is 0. The maximum atomic E-state index is 10.1. The molecule has 0 bridgehead atoms. The lowest BCUT2D eigenvalue weighted by Gasteiger charge is -2.04. The molecule has 0 saturated heterocycles. The van der Waals surface area contributed by atoms with Crippen molar-refractivity contribution in [2.45, 2.75) is 0 Å². The second kappa shape index (κ2) is 9.24. The summed E-state index contributed by atoms with van der Waals surface area (Å²) >= 11 is 0. The minimum atomic E-state index is -0.805. The Labute approximate surface area is 76.6 Å². The van der Waals surface area contributed by atoms with Gasteiger partial charge in [-0.2, -0.15) is 0 Å². The summed E-state index contributed by atoms with van der Waals surface area (Å²) in [6.45, 7) is 1.58. The predicted molar refractivity (Wildman–Crippen MR) is 44.3 cm³/mol. The zero-order valence-corrected chi connectivity index (χ0v) is 7.40. The summed E-state index contributed by atoms with van der Waals surface area (Å²) in [4.78, 5) is 10.1. The van der Waals surface area contributed by atoms with E-state index in [1.807, 2.05) is 0 Å². The van der Waals surface area contributed by atoms with Crippen LogP contribution in [-0.4, -0.2) is 50.8 Å². The quantitative estimate of drug-likeness (QED) is 0.488. The van der Waals surface area contributed by atoms with Gasteiger partial charge in [0.05, 0.1) is 33.0 Å². The number of aliphatic hydroxyl groups is 1. The standard InChI is InChI=1S/C7H15NO5/c8-7(10)13-6-5-12-4-3-11-2-1-9/h9H,1-6H2,(H2,8,10). The third-order valence-corrected chi connectivity index (χ3v) is 1.08. The predicted octanol–water partition coefficient (Wildman–Crippen LogP) is -0.893. The Morgan fingerprint density at radius 3 is 2.15 bits per heavy atom. The first-order chi connectivity index (χ1) is 6.27. The molecule has 0 atom stereocenters. The third kappa shape index (κ3) is 11.1. The molecule has 0 rings (SSSR count). The summed E-state index contributed by atoms with van der Waals surface area (Å²) in [7, 11) is 0. The van der Waals surface area contributed by atoms with E-state index in [0.717, 1.165) is 0 Å². The van der Waals surface area contributed by atoms with Gasteiger partial charge in [-0.15, -0.1) is 0 Å². The van der Waals surface area contributed by atoms with Crippen molar-refractivity contribution < 1.29 is 24.1 Å². The fraction of sp³-hybridized carbons (Fsp3) is 0.857. The lowest BCUT2D eigenvalue weighted by Crippen LogP contribution is -2.17. The number of aliphatic hydroxyl groups excluding tert-OH is 1. The molecule has 0 heterocycles. The molecule has 0 aliphatic rings. The van der Waals surface area contributed by atoms with Gasteiger partial charge in [-0.05, 0) is 0 Å². The van der Waals surface area contributed by atoms with Crippen LogP contribution in [0.2, 0.25) is 0 Å². The zero-order valence-electron chi connectivity index (χ0n) is 7.40. The highest BCUT2D eigenvalue weighted by Gasteiger charge is 1.93. The Morgan fingerprint density at radius 2 is 1.62 bits per heavy atom. The second-order valence-electron chi connectivity index (χ2n) is 2.12. The van der Waals surface area contributed by atoms with Crippen molar-refractivity contribution in [1.82, 2.24) is 0 Å². The largest absolute Gasteiger partial charge is 0.447 e. The van der Waals surface area contributed by atoms with Crippen molar-refractivity contribution in [3.05, 3.63) is 0 Å². The average molecular weight is 193 g/mol. The van der Waals surface area contributed by atoms with Crippen molar-refractivity contribution in [3.8, 4) is 0 Å². The molecule has 78 valence electrons. The minimum Gasteiger partial charge on any atom is -0.447 e. The lowest BCUT2D eigenvalue weighted by molar-refractivity contribution is 0.0195. The molecule has 0 aromatic carbocycles. The SMILES string of the molecule is NC(=O)OCCOCCOCCO. The number of amides is 1. The van der Waals surface area contributed by atoms with Crippen LogP contribution in [0.5, 0.6) is 0 Å². The van der Waals surface area contributed by atoms with Gasteiger partial charge in [0.1, 0.15) is 6.61 Å². The van der Waals surface area contributed by atoms with Crippen LogP contribution in [0.4, 0.5) is 4.79 Å². The molecule has 0 spiro atoms. The van der Waals surface area contributed by atoms with Crippen LogP contribution in [0.3, 0.4) is 0 Å². The molecular weight excluding hydrogens is 178 g/mol. The number of hydrogen-bond acceptors (Lipinski definition) is 5. The smallest absolute Gasteiger partial charge is 0.404 e. The van der Waals surface area contributed by atoms with Crippen molar-refractivity contribution in [3.63, 3.8) is 0 Å². The van der Waals surface area contributed by atoms with E-state index in [1.165, 1.54) is 0 Å². The topological polar surface area (TPSA) is 91.0 Å². The maximum Gasteiger partial charge on any atom is 0.404 e. The number of rotatable bonds is 8. The molecule has 0 radical (unpaired) electrons. The van der Waals surface area contributed by atoms with E-state index < -0.39 is 6.09 Å². The molecule has 0 aromatic rings. The summed E-state index contributed by atoms with van der Waals surface area (Å²) in [6.07, 6.45) is -0.805. The van der Waals surface area contributed by atoms with Gasteiger partial charge in [0.2, 0.25) is 0 Å². The van der Waals surface area contributed by atoms with Crippen LogP contribution in [-0.2, 0) is 14.2 Å². The van der Waals surface area contributed by atoms with Crippen molar-refractivity contribution in [1.29, 1.82) is 0 Å². The fourth-order valence-corrected chi connectivity index (χ4v) is 0.588. The molecule has 13 heavy (non-hydrogen) atoms. The molecule has 0 fully saturated rings. The number of hydrogen-bond donors (Lipinski definition) is 2. The molecule has 0 aromatic heterocycles. The second-order valence-corrected chi connectivity index (χ2v) is 2.12. The van der Waals surface area contributed by atoms with Crippen LogP contribution in [0.1, 0.15) is 0 Å². The highest BCUT2D eigenvalue weighted by atomic mass is 16.6. The van der Waals surface area contributed by atoms with Crippen LogP contribution in [0, 0.1) is 0 Å². The molecule has 0 saturated carbocycles. The van der Waals surface area contributed by atoms with E-state index in [4.69, 9.17) is 20.3 Å². The van der Waals surface area contributed by atoms with Gasteiger partial charge in [0.25, 0.3) is 0 Å². The monoisotopic (exact) mass is 193 g/mol. The lowest BCUT2D eigenvalue weighted by atomic mass is 10.7. The molecule has 0 aliphatic heterocycles. The number of nitrogens with two attached hydrogens (primary N) is 1. The van der Waals surface area contributed by atoms with Crippen molar-refractivity contribution >= 4 is 6.09 Å². The van der Waals surface area contributed by atoms with Crippen molar-refractivity contribution in [2.24, 2.45) is 5.73 Å². The van der Waals surface area contributed by atoms with Gasteiger partial charge in [-0.25, -0.2) is 4.79 Å². The van der Waals surface area contributed by atoms with Crippen LogP contribution in [0.15, 0.2) is 0 Å². The first-order valence-corrected chi connectivity index (χ1v) is 3.96. The van der Waals surface area contributed by atoms with E-state index in [0.29, 0.717) is 26.4 Å². The van der Waals surface area contributed by atoms with Gasteiger partial charge < -0.3 is 25.1 Å². The summed E-state index contributed by atoms with van der Waals surface area (Å²) < 4.78 is 14.3. The molecule has 6 nitrogen and oxygen atoms in total. The average Bonchev–Trinajstić information content (AvgIpc) is 2.09.